The molecule has 6 nitrogen and oxygen atoms in total. The zero-order valence-corrected chi connectivity index (χ0v) is 18.1. The molecule has 1 saturated heterocycles. The van der Waals surface area contributed by atoms with Gasteiger partial charge in [-0.25, -0.2) is 12.7 Å². The standard InChI is InChI=1S/C21H25ClN2O4S/c1-23(2)29(26,27)18-10-11-20(22)19(13-18)21(25)24-12-6-7-16(14-24)15-28-17-8-4-3-5-9-17/h3-5,8-11,13,16H,6-7,12,14-15H2,1-2H3. The van der Waals surface area contributed by atoms with E-state index in [2.05, 4.69) is 0 Å². The van der Waals surface area contributed by atoms with Crippen molar-refractivity contribution in [1.29, 1.82) is 0 Å². The molecule has 1 atom stereocenters. The first-order valence-electron chi connectivity index (χ1n) is 9.48. The lowest BCUT2D eigenvalue weighted by Gasteiger charge is -2.33. The van der Waals surface area contributed by atoms with E-state index >= 15 is 0 Å². The number of benzene rings is 2. The van der Waals surface area contributed by atoms with Crippen LogP contribution in [0, 0.1) is 5.92 Å². The highest BCUT2D eigenvalue weighted by Crippen LogP contribution is 2.26. The van der Waals surface area contributed by atoms with E-state index in [-0.39, 0.29) is 27.3 Å². The van der Waals surface area contributed by atoms with Crippen LogP contribution in [-0.2, 0) is 10.0 Å². The normalized spacial score (nSPS) is 17.4. The number of halogens is 1. The van der Waals surface area contributed by atoms with E-state index in [1.165, 1.54) is 32.3 Å². The number of nitrogens with zero attached hydrogens (tertiary/aromatic N) is 2. The van der Waals surface area contributed by atoms with E-state index in [0.717, 1.165) is 22.9 Å². The second kappa shape index (κ2) is 9.15. The lowest BCUT2D eigenvalue weighted by Crippen LogP contribution is -2.41. The molecule has 2 aromatic carbocycles. The van der Waals surface area contributed by atoms with Crippen molar-refractivity contribution < 1.29 is 17.9 Å². The molecule has 1 aliphatic heterocycles. The number of hydrogen-bond acceptors (Lipinski definition) is 4. The molecule has 1 amide bonds. The van der Waals surface area contributed by atoms with Crippen molar-refractivity contribution in [2.24, 2.45) is 5.92 Å². The topological polar surface area (TPSA) is 66.9 Å². The first kappa shape index (κ1) is 21.6. The van der Waals surface area contributed by atoms with Gasteiger partial charge in [-0.1, -0.05) is 29.8 Å². The van der Waals surface area contributed by atoms with Crippen molar-refractivity contribution in [2.75, 3.05) is 33.8 Å². The molecule has 156 valence electrons. The van der Waals surface area contributed by atoms with Crippen LogP contribution in [0.15, 0.2) is 53.4 Å². The van der Waals surface area contributed by atoms with Gasteiger partial charge in [0, 0.05) is 33.1 Å². The van der Waals surface area contributed by atoms with Crippen molar-refractivity contribution in [2.45, 2.75) is 17.7 Å². The van der Waals surface area contributed by atoms with Crippen LogP contribution in [0.5, 0.6) is 5.75 Å². The predicted octanol–water partition coefficient (Wildman–Crippen LogP) is 3.52. The lowest BCUT2D eigenvalue weighted by atomic mass is 9.98. The van der Waals surface area contributed by atoms with Crippen LogP contribution >= 0.6 is 11.6 Å². The van der Waals surface area contributed by atoms with Crippen LogP contribution < -0.4 is 4.74 Å². The minimum Gasteiger partial charge on any atom is -0.493 e. The third-order valence-electron chi connectivity index (χ3n) is 4.98. The summed E-state index contributed by atoms with van der Waals surface area (Å²) in [6.07, 6.45) is 1.83. The first-order valence-corrected chi connectivity index (χ1v) is 11.3. The van der Waals surface area contributed by atoms with Gasteiger partial charge in [0.2, 0.25) is 10.0 Å². The van der Waals surface area contributed by atoms with E-state index in [9.17, 15) is 13.2 Å². The second-order valence-electron chi connectivity index (χ2n) is 7.31. The minimum atomic E-state index is -3.65. The number of carbonyl (C=O) groups is 1. The van der Waals surface area contributed by atoms with Crippen molar-refractivity contribution >= 4 is 27.5 Å². The molecular weight excluding hydrogens is 412 g/mol. The molecule has 0 saturated carbocycles. The van der Waals surface area contributed by atoms with Crippen molar-refractivity contribution in [3.8, 4) is 5.75 Å². The Balaban J connectivity index is 1.72. The summed E-state index contributed by atoms with van der Waals surface area (Å²) in [5, 5.41) is 0.246. The van der Waals surface area contributed by atoms with E-state index in [1.807, 2.05) is 30.3 Å². The molecule has 0 aliphatic carbocycles. The van der Waals surface area contributed by atoms with Crippen LogP contribution in [0.3, 0.4) is 0 Å². The highest BCUT2D eigenvalue weighted by atomic mass is 35.5. The van der Waals surface area contributed by atoms with Crippen LogP contribution in [0.4, 0.5) is 0 Å². The SMILES string of the molecule is CN(C)S(=O)(=O)c1ccc(Cl)c(C(=O)N2CCCC(COc3ccccc3)C2)c1. The van der Waals surface area contributed by atoms with Gasteiger partial charge < -0.3 is 9.64 Å². The molecule has 2 aromatic rings. The molecule has 1 fully saturated rings. The first-order chi connectivity index (χ1) is 13.8. The minimum absolute atomic E-state index is 0.0521. The van der Waals surface area contributed by atoms with Gasteiger partial charge in [-0.05, 0) is 43.2 Å². The zero-order chi connectivity index (χ0) is 21.0. The predicted molar refractivity (Wildman–Crippen MR) is 113 cm³/mol. The molecule has 8 heteroatoms. The average Bonchev–Trinajstić information content (AvgIpc) is 2.73. The largest absolute Gasteiger partial charge is 0.493 e. The summed E-state index contributed by atoms with van der Waals surface area (Å²) in [6, 6.07) is 13.8. The number of amides is 1. The second-order valence-corrected chi connectivity index (χ2v) is 9.87. The summed E-state index contributed by atoms with van der Waals surface area (Å²) < 4.78 is 31.8. The maximum atomic E-state index is 13.1. The Morgan fingerprint density at radius 2 is 1.93 bits per heavy atom. The van der Waals surface area contributed by atoms with E-state index in [0.29, 0.717) is 19.7 Å². The van der Waals surface area contributed by atoms with E-state index in [1.54, 1.807) is 4.90 Å². The number of sulfonamides is 1. The Morgan fingerprint density at radius 1 is 1.21 bits per heavy atom. The molecule has 1 aliphatic rings. The van der Waals surface area contributed by atoms with E-state index in [4.69, 9.17) is 16.3 Å². The number of para-hydroxylation sites is 1. The van der Waals surface area contributed by atoms with Crippen LogP contribution in [0.1, 0.15) is 23.2 Å². The van der Waals surface area contributed by atoms with Gasteiger partial charge in [-0.2, -0.15) is 0 Å². The quantitative estimate of drug-likeness (QED) is 0.694. The molecule has 0 N–H and O–H groups in total. The van der Waals surface area contributed by atoms with Gasteiger partial charge in [0.25, 0.3) is 5.91 Å². The number of likely N-dealkylation sites (tertiary alicyclic amines) is 1. The Bertz CT molecular complexity index is 964. The fraction of sp³-hybridized carbons (Fsp3) is 0.381. The molecule has 29 heavy (non-hydrogen) atoms. The molecule has 0 spiro atoms. The Kier molecular flexibility index (Phi) is 6.82. The maximum Gasteiger partial charge on any atom is 0.255 e. The van der Waals surface area contributed by atoms with Gasteiger partial charge in [0.1, 0.15) is 5.75 Å². The Labute approximate surface area is 177 Å². The van der Waals surface area contributed by atoms with Gasteiger partial charge in [-0.3, -0.25) is 4.79 Å². The summed E-state index contributed by atoms with van der Waals surface area (Å²) in [7, 11) is -0.743. The van der Waals surface area contributed by atoms with Gasteiger partial charge in [0.15, 0.2) is 0 Å². The van der Waals surface area contributed by atoms with Crippen molar-refractivity contribution in [3.05, 3.63) is 59.1 Å². The van der Waals surface area contributed by atoms with Gasteiger partial charge >= 0.3 is 0 Å². The van der Waals surface area contributed by atoms with Crippen LogP contribution in [0.2, 0.25) is 5.02 Å². The number of ether oxygens (including phenoxy) is 1. The van der Waals surface area contributed by atoms with Crippen LogP contribution in [0.25, 0.3) is 0 Å². The average molecular weight is 437 g/mol. The fourth-order valence-corrected chi connectivity index (χ4v) is 4.45. The maximum absolute atomic E-state index is 13.1. The number of hydrogen-bond donors (Lipinski definition) is 0. The molecule has 1 unspecified atom stereocenters. The number of carbonyl (C=O) groups excluding carboxylic acids is 1. The fourth-order valence-electron chi connectivity index (χ4n) is 3.33. The molecule has 3 rings (SSSR count). The molecule has 0 aromatic heterocycles. The van der Waals surface area contributed by atoms with Crippen molar-refractivity contribution in [3.63, 3.8) is 0 Å². The molecule has 0 radical (unpaired) electrons. The van der Waals surface area contributed by atoms with Gasteiger partial charge in [-0.15, -0.1) is 0 Å². The smallest absolute Gasteiger partial charge is 0.255 e. The molecular formula is C21H25ClN2O4S. The lowest BCUT2D eigenvalue weighted by molar-refractivity contribution is 0.0633. The monoisotopic (exact) mass is 436 g/mol. The van der Waals surface area contributed by atoms with Crippen molar-refractivity contribution in [1.82, 2.24) is 9.21 Å². The summed E-state index contributed by atoms with van der Waals surface area (Å²) in [5.41, 5.74) is 0.208. The highest BCUT2D eigenvalue weighted by molar-refractivity contribution is 7.89. The summed E-state index contributed by atoms with van der Waals surface area (Å²) in [6.45, 7) is 1.69. The number of piperidine rings is 1. The third kappa shape index (κ3) is 5.10. The summed E-state index contributed by atoms with van der Waals surface area (Å²) in [4.78, 5) is 14.9. The Hall–Kier alpha value is -2.09. The zero-order valence-electron chi connectivity index (χ0n) is 16.5. The summed E-state index contributed by atoms with van der Waals surface area (Å²) in [5.74, 6) is 0.760. The highest BCUT2D eigenvalue weighted by Gasteiger charge is 2.28. The number of rotatable bonds is 6. The van der Waals surface area contributed by atoms with E-state index < -0.39 is 10.0 Å². The van der Waals surface area contributed by atoms with Crippen LogP contribution in [-0.4, -0.2) is 57.3 Å². The molecule has 1 heterocycles. The Morgan fingerprint density at radius 3 is 2.62 bits per heavy atom. The third-order valence-corrected chi connectivity index (χ3v) is 7.12. The van der Waals surface area contributed by atoms with Gasteiger partial charge in [0.05, 0.1) is 22.1 Å². The summed E-state index contributed by atoms with van der Waals surface area (Å²) >= 11 is 6.24. The molecule has 0 bridgehead atoms.